The Balaban J connectivity index is 1.82. The number of benzene rings is 2. The molecule has 0 aliphatic heterocycles. The number of alkyl halides is 3. The number of hydrogen-bond donors (Lipinski definition) is 3. The second-order valence-electron chi connectivity index (χ2n) is 5.94. The Bertz CT molecular complexity index is 840. The van der Waals surface area contributed by atoms with E-state index in [-0.39, 0.29) is 24.2 Å². The van der Waals surface area contributed by atoms with Crippen molar-refractivity contribution in [3.05, 3.63) is 71.0 Å². The zero-order valence-electron chi connectivity index (χ0n) is 14.9. The summed E-state index contributed by atoms with van der Waals surface area (Å²) in [6.07, 6.45) is -4.53. The van der Waals surface area contributed by atoms with Gasteiger partial charge < -0.3 is 16.0 Å². The van der Waals surface area contributed by atoms with Crippen molar-refractivity contribution in [1.82, 2.24) is 16.0 Å². The number of halogens is 4. The molecule has 0 aliphatic carbocycles. The smallest absolute Gasteiger partial charge is 0.350 e. The summed E-state index contributed by atoms with van der Waals surface area (Å²) in [5.41, 5.74) is -0.998. The van der Waals surface area contributed by atoms with Crippen LogP contribution in [0.5, 0.6) is 0 Å². The SMILES string of the molecule is CC(NC(=O)NCCNC(=O)c1ccccc1F)c1ccccc1C(F)(F)F. The maximum absolute atomic E-state index is 13.5. The number of carbonyl (C=O) groups excluding carboxylic acids is 2. The van der Waals surface area contributed by atoms with Crippen LogP contribution in [-0.4, -0.2) is 25.0 Å². The van der Waals surface area contributed by atoms with Gasteiger partial charge in [0.2, 0.25) is 0 Å². The molecule has 150 valence electrons. The third kappa shape index (κ3) is 5.70. The van der Waals surface area contributed by atoms with E-state index in [1.54, 1.807) is 0 Å². The van der Waals surface area contributed by atoms with Crippen molar-refractivity contribution in [3.8, 4) is 0 Å². The lowest BCUT2D eigenvalue weighted by atomic mass is 10.0. The van der Waals surface area contributed by atoms with E-state index in [0.29, 0.717) is 0 Å². The molecule has 0 spiro atoms. The molecule has 2 aromatic carbocycles. The van der Waals surface area contributed by atoms with Crippen LogP contribution in [0.25, 0.3) is 0 Å². The summed E-state index contributed by atoms with van der Waals surface area (Å²) in [6, 6.07) is 8.85. The van der Waals surface area contributed by atoms with Crippen LogP contribution >= 0.6 is 0 Å². The van der Waals surface area contributed by atoms with Crippen molar-refractivity contribution in [2.75, 3.05) is 13.1 Å². The zero-order valence-corrected chi connectivity index (χ0v) is 14.9. The predicted octanol–water partition coefficient (Wildman–Crippen LogP) is 3.63. The van der Waals surface area contributed by atoms with Crippen LogP contribution in [0.2, 0.25) is 0 Å². The van der Waals surface area contributed by atoms with Gasteiger partial charge in [-0.15, -0.1) is 0 Å². The minimum atomic E-state index is -4.53. The fourth-order valence-electron chi connectivity index (χ4n) is 2.55. The van der Waals surface area contributed by atoms with Gasteiger partial charge in [-0.25, -0.2) is 9.18 Å². The normalized spacial score (nSPS) is 12.2. The van der Waals surface area contributed by atoms with Crippen molar-refractivity contribution in [3.63, 3.8) is 0 Å². The van der Waals surface area contributed by atoms with E-state index in [1.165, 1.54) is 43.3 Å². The lowest BCUT2D eigenvalue weighted by Gasteiger charge is -2.19. The highest BCUT2D eigenvalue weighted by molar-refractivity contribution is 5.94. The molecule has 3 amide bonds. The van der Waals surface area contributed by atoms with Gasteiger partial charge in [0.1, 0.15) is 5.82 Å². The van der Waals surface area contributed by atoms with Crippen molar-refractivity contribution < 1.29 is 27.2 Å². The highest BCUT2D eigenvalue weighted by Gasteiger charge is 2.34. The molecule has 0 bridgehead atoms. The fraction of sp³-hybridized carbons (Fsp3) is 0.263. The molecule has 28 heavy (non-hydrogen) atoms. The Kier molecular flexibility index (Phi) is 6.97. The topological polar surface area (TPSA) is 70.2 Å². The average Bonchev–Trinajstić information content (AvgIpc) is 2.64. The van der Waals surface area contributed by atoms with Crippen LogP contribution in [0.1, 0.15) is 34.5 Å². The molecule has 9 heteroatoms. The third-order valence-corrected chi connectivity index (χ3v) is 3.89. The van der Waals surface area contributed by atoms with Gasteiger partial charge in [-0.05, 0) is 30.7 Å². The van der Waals surface area contributed by atoms with Gasteiger partial charge in [-0.1, -0.05) is 30.3 Å². The molecule has 0 saturated heterocycles. The highest BCUT2D eigenvalue weighted by atomic mass is 19.4. The van der Waals surface area contributed by atoms with E-state index in [2.05, 4.69) is 16.0 Å². The highest BCUT2D eigenvalue weighted by Crippen LogP contribution is 2.34. The molecule has 2 rings (SSSR count). The minimum absolute atomic E-state index is 0.0136. The van der Waals surface area contributed by atoms with Crippen molar-refractivity contribution in [2.45, 2.75) is 19.1 Å². The molecule has 1 atom stereocenters. The molecule has 0 aromatic heterocycles. The van der Waals surface area contributed by atoms with Crippen molar-refractivity contribution in [2.24, 2.45) is 0 Å². The maximum Gasteiger partial charge on any atom is 0.416 e. The Labute approximate surface area is 159 Å². The zero-order chi connectivity index (χ0) is 20.7. The molecule has 5 nitrogen and oxygen atoms in total. The minimum Gasteiger partial charge on any atom is -0.350 e. The molecule has 0 saturated carbocycles. The summed E-state index contributed by atoms with van der Waals surface area (Å²) in [7, 11) is 0. The lowest BCUT2D eigenvalue weighted by Crippen LogP contribution is -2.41. The van der Waals surface area contributed by atoms with E-state index in [9.17, 15) is 27.2 Å². The van der Waals surface area contributed by atoms with Crippen molar-refractivity contribution >= 4 is 11.9 Å². The molecule has 2 aromatic rings. The molecular weight excluding hydrogens is 378 g/mol. The van der Waals surface area contributed by atoms with Gasteiger partial charge in [-0.3, -0.25) is 4.79 Å². The first kappa shape index (κ1) is 21.2. The van der Waals surface area contributed by atoms with E-state index >= 15 is 0 Å². The Morgan fingerprint density at radius 2 is 1.57 bits per heavy atom. The van der Waals surface area contributed by atoms with Crippen LogP contribution in [0.3, 0.4) is 0 Å². The largest absolute Gasteiger partial charge is 0.416 e. The average molecular weight is 397 g/mol. The Morgan fingerprint density at radius 1 is 0.964 bits per heavy atom. The summed E-state index contributed by atoms with van der Waals surface area (Å²) in [5, 5.41) is 7.28. The molecule has 0 radical (unpaired) electrons. The fourth-order valence-corrected chi connectivity index (χ4v) is 2.55. The predicted molar refractivity (Wildman–Crippen MR) is 95.1 cm³/mol. The van der Waals surface area contributed by atoms with E-state index in [0.717, 1.165) is 12.1 Å². The van der Waals surface area contributed by atoms with E-state index < -0.39 is 35.5 Å². The monoisotopic (exact) mass is 397 g/mol. The van der Waals surface area contributed by atoms with Gasteiger partial charge in [0, 0.05) is 13.1 Å². The Morgan fingerprint density at radius 3 is 2.25 bits per heavy atom. The quantitative estimate of drug-likeness (QED) is 0.515. The summed E-state index contributed by atoms with van der Waals surface area (Å²) in [5.74, 6) is -1.30. The summed E-state index contributed by atoms with van der Waals surface area (Å²) in [4.78, 5) is 23.7. The van der Waals surface area contributed by atoms with Crippen LogP contribution in [0.15, 0.2) is 48.5 Å². The summed E-state index contributed by atoms with van der Waals surface area (Å²) < 4.78 is 52.6. The van der Waals surface area contributed by atoms with Gasteiger partial charge in [-0.2, -0.15) is 13.2 Å². The third-order valence-electron chi connectivity index (χ3n) is 3.89. The molecule has 0 heterocycles. The van der Waals surface area contributed by atoms with Crippen molar-refractivity contribution in [1.29, 1.82) is 0 Å². The van der Waals surface area contributed by atoms with E-state index in [4.69, 9.17) is 0 Å². The van der Waals surface area contributed by atoms with Gasteiger partial charge >= 0.3 is 12.2 Å². The second kappa shape index (κ2) is 9.20. The number of carbonyl (C=O) groups is 2. The first-order valence-electron chi connectivity index (χ1n) is 8.43. The van der Waals surface area contributed by atoms with Crippen LogP contribution < -0.4 is 16.0 Å². The molecule has 0 aliphatic rings. The first-order chi connectivity index (χ1) is 13.2. The summed E-state index contributed by atoms with van der Waals surface area (Å²) in [6.45, 7) is 1.47. The maximum atomic E-state index is 13.5. The number of amides is 3. The standard InChI is InChI=1S/C19H19F4N3O2/c1-12(13-6-2-4-8-15(13)19(21,22)23)26-18(28)25-11-10-24-17(27)14-7-3-5-9-16(14)20/h2-9,12H,10-11H2,1H3,(H,24,27)(H2,25,26,28). The van der Waals surface area contributed by atoms with E-state index in [1.807, 2.05) is 0 Å². The number of urea groups is 1. The number of rotatable bonds is 6. The van der Waals surface area contributed by atoms with Crippen LogP contribution in [0.4, 0.5) is 22.4 Å². The lowest BCUT2D eigenvalue weighted by molar-refractivity contribution is -0.138. The van der Waals surface area contributed by atoms with Crippen LogP contribution in [-0.2, 0) is 6.18 Å². The first-order valence-corrected chi connectivity index (χ1v) is 8.43. The second-order valence-corrected chi connectivity index (χ2v) is 5.94. The molecule has 0 fully saturated rings. The summed E-state index contributed by atoms with van der Waals surface area (Å²) >= 11 is 0. The molecule has 3 N–H and O–H groups in total. The van der Waals surface area contributed by atoms with Gasteiger partial charge in [0.05, 0.1) is 17.2 Å². The number of hydrogen-bond acceptors (Lipinski definition) is 2. The molecule has 1 unspecified atom stereocenters. The van der Waals surface area contributed by atoms with Gasteiger partial charge in [0.25, 0.3) is 5.91 Å². The number of nitrogens with one attached hydrogen (secondary N) is 3. The Hall–Kier alpha value is -3.10. The molecular formula is C19H19F4N3O2. The van der Waals surface area contributed by atoms with Gasteiger partial charge in [0.15, 0.2) is 0 Å². The van der Waals surface area contributed by atoms with Crippen LogP contribution in [0, 0.1) is 5.82 Å².